The van der Waals surface area contributed by atoms with Crippen LogP contribution in [0.4, 0.5) is 8.78 Å². The van der Waals surface area contributed by atoms with Gasteiger partial charge in [-0.2, -0.15) is 0 Å². The second kappa shape index (κ2) is 5.74. The van der Waals surface area contributed by atoms with Gasteiger partial charge in [0.15, 0.2) is 0 Å². The Bertz CT molecular complexity index is 228. The number of hydrogen-bond donors (Lipinski definition) is 0. The van der Waals surface area contributed by atoms with Gasteiger partial charge in [0.05, 0.1) is 0 Å². The van der Waals surface area contributed by atoms with E-state index in [1.807, 2.05) is 0 Å². The summed E-state index contributed by atoms with van der Waals surface area (Å²) in [6.45, 7) is 1.49. The van der Waals surface area contributed by atoms with Crippen molar-refractivity contribution in [1.29, 1.82) is 0 Å². The fourth-order valence-electron chi connectivity index (χ4n) is 0.558. The third kappa shape index (κ3) is 3.89. The first kappa shape index (κ1) is 13.7. The third-order valence-electron chi connectivity index (χ3n) is 1.04. The first-order valence-corrected chi connectivity index (χ1v) is 2.53. The molecular formula is C7H5ClF2Mg. The van der Waals surface area contributed by atoms with E-state index in [-0.39, 0.29) is 41.0 Å². The molecule has 0 atom stereocenters. The molecule has 1 aromatic rings. The van der Waals surface area contributed by atoms with Crippen molar-refractivity contribution in [2.75, 3.05) is 0 Å². The fraction of sp³-hybridized carbons (Fsp3) is 0.143. The molecular weight excluding hydrogens is 182 g/mol. The van der Waals surface area contributed by atoms with Crippen molar-refractivity contribution < 1.29 is 21.2 Å². The average Bonchev–Trinajstić information content (AvgIpc) is 1.80. The van der Waals surface area contributed by atoms with Gasteiger partial charge in [0.2, 0.25) is 0 Å². The van der Waals surface area contributed by atoms with Gasteiger partial charge in [0.25, 0.3) is 0 Å². The Balaban J connectivity index is 0. The maximum atomic E-state index is 12.3. The van der Waals surface area contributed by atoms with Crippen LogP contribution in [0.15, 0.2) is 12.1 Å². The van der Waals surface area contributed by atoms with Crippen LogP contribution in [0, 0.1) is 24.6 Å². The summed E-state index contributed by atoms with van der Waals surface area (Å²) in [5, 5.41) is 0. The summed E-state index contributed by atoms with van der Waals surface area (Å²) in [5.74, 6) is -0.940. The van der Waals surface area contributed by atoms with Gasteiger partial charge < -0.3 is 12.4 Å². The van der Waals surface area contributed by atoms with Crippen LogP contribution in [-0.2, 0) is 0 Å². The molecule has 0 aliphatic rings. The van der Waals surface area contributed by atoms with Gasteiger partial charge >= 0.3 is 23.1 Å². The molecule has 0 saturated heterocycles. The topological polar surface area (TPSA) is 0 Å². The van der Waals surface area contributed by atoms with Crippen LogP contribution < -0.4 is 12.4 Å². The van der Waals surface area contributed by atoms with Gasteiger partial charge in [-0.05, 0) is 0 Å². The monoisotopic (exact) mass is 186 g/mol. The quantitative estimate of drug-likeness (QED) is 0.349. The summed E-state index contributed by atoms with van der Waals surface area (Å²) >= 11 is 0. The maximum absolute atomic E-state index is 12.3. The Morgan fingerprint density at radius 1 is 1.36 bits per heavy atom. The molecule has 0 heterocycles. The molecule has 0 spiro atoms. The van der Waals surface area contributed by atoms with Gasteiger partial charge in [-0.3, -0.25) is 4.39 Å². The average molecular weight is 187 g/mol. The van der Waals surface area contributed by atoms with E-state index in [1.165, 1.54) is 6.92 Å². The minimum atomic E-state index is -0.489. The summed E-state index contributed by atoms with van der Waals surface area (Å²) < 4.78 is 24.4. The third-order valence-corrected chi connectivity index (χ3v) is 1.04. The minimum Gasteiger partial charge on any atom is -1.00 e. The standard InChI is InChI=1S/C7H5F2.ClH.Mg/c1-5-4-6(8)2-3-7(5)9;;/h2,4H,1H3;1H;/q-1;;+2/p-1. The number of rotatable bonds is 0. The molecule has 0 unspecified atom stereocenters. The van der Waals surface area contributed by atoms with E-state index in [9.17, 15) is 8.78 Å². The molecule has 0 amide bonds. The van der Waals surface area contributed by atoms with Crippen LogP contribution >= 0.6 is 0 Å². The van der Waals surface area contributed by atoms with E-state index in [0.717, 1.165) is 12.1 Å². The predicted molar refractivity (Wildman–Crippen MR) is 35.7 cm³/mol. The molecule has 0 bridgehead atoms. The molecule has 0 N–H and O–H groups in total. The molecule has 0 saturated carbocycles. The van der Waals surface area contributed by atoms with Gasteiger partial charge in [0, 0.05) is 11.6 Å². The second-order valence-corrected chi connectivity index (χ2v) is 1.81. The van der Waals surface area contributed by atoms with Gasteiger partial charge in [0.1, 0.15) is 0 Å². The summed E-state index contributed by atoms with van der Waals surface area (Å²) in [5.41, 5.74) is 0.287. The van der Waals surface area contributed by atoms with Crippen LogP contribution in [-0.4, -0.2) is 23.1 Å². The van der Waals surface area contributed by atoms with E-state index in [2.05, 4.69) is 6.07 Å². The molecule has 0 fully saturated rings. The Labute approximate surface area is 86.6 Å². The zero-order chi connectivity index (χ0) is 6.85. The van der Waals surface area contributed by atoms with Gasteiger partial charge in [-0.1, -0.05) is 6.92 Å². The fourth-order valence-corrected chi connectivity index (χ4v) is 0.558. The number of hydrogen-bond acceptors (Lipinski definition) is 0. The van der Waals surface area contributed by atoms with Crippen LogP contribution in [0.2, 0.25) is 0 Å². The Kier molecular flexibility index (Phi) is 7.16. The zero-order valence-corrected chi connectivity index (χ0v) is 8.17. The molecule has 11 heavy (non-hydrogen) atoms. The van der Waals surface area contributed by atoms with E-state index in [4.69, 9.17) is 0 Å². The molecule has 0 aliphatic carbocycles. The van der Waals surface area contributed by atoms with Crippen LogP contribution in [0.1, 0.15) is 5.56 Å². The minimum absolute atomic E-state index is 0. The van der Waals surface area contributed by atoms with E-state index >= 15 is 0 Å². The molecule has 1 rings (SSSR count). The molecule has 0 radical (unpaired) electrons. The zero-order valence-electron chi connectivity index (χ0n) is 6.00. The SMILES string of the molecule is Cc1cc(F)c[c-]c1F.[Cl-].[Mg+2]. The number of benzene rings is 1. The predicted octanol–water partition coefficient (Wildman–Crippen LogP) is -1.30. The summed E-state index contributed by atoms with van der Waals surface area (Å²) in [4.78, 5) is 0. The van der Waals surface area contributed by atoms with Crippen molar-refractivity contribution in [1.82, 2.24) is 0 Å². The van der Waals surface area contributed by atoms with E-state index in [1.54, 1.807) is 0 Å². The normalized spacial score (nSPS) is 7.91. The van der Waals surface area contributed by atoms with Crippen LogP contribution in [0.25, 0.3) is 0 Å². The molecule has 0 aliphatic heterocycles. The maximum Gasteiger partial charge on any atom is 2.00 e. The largest absolute Gasteiger partial charge is 2.00 e. The van der Waals surface area contributed by atoms with Gasteiger partial charge in [-0.15, -0.1) is 23.8 Å². The van der Waals surface area contributed by atoms with Crippen molar-refractivity contribution >= 4 is 23.1 Å². The molecule has 0 nitrogen and oxygen atoms in total. The van der Waals surface area contributed by atoms with Gasteiger partial charge in [-0.25, -0.2) is 4.39 Å². The second-order valence-electron chi connectivity index (χ2n) is 1.81. The number of halogens is 3. The first-order chi connectivity index (χ1) is 4.20. The van der Waals surface area contributed by atoms with Crippen LogP contribution in [0.3, 0.4) is 0 Å². The smallest absolute Gasteiger partial charge is 1.00 e. The summed E-state index contributed by atoms with van der Waals surface area (Å²) in [6, 6.07) is 4.23. The van der Waals surface area contributed by atoms with Crippen molar-refractivity contribution in [3.8, 4) is 0 Å². The Morgan fingerprint density at radius 2 is 1.91 bits per heavy atom. The number of aryl methyl sites for hydroxylation is 1. The van der Waals surface area contributed by atoms with E-state index < -0.39 is 11.6 Å². The molecule has 56 valence electrons. The summed E-state index contributed by atoms with van der Waals surface area (Å²) in [6.07, 6.45) is 0. The van der Waals surface area contributed by atoms with Crippen molar-refractivity contribution in [2.45, 2.75) is 6.92 Å². The van der Waals surface area contributed by atoms with Crippen molar-refractivity contribution in [2.24, 2.45) is 0 Å². The van der Waals surface area contributed by atoms with Crippen LogP contribution in [0.5, 0.6) is 0 Å². The Morgan fingerprint density at radius 3 is 2.27 bits per heavy atom. The summed E-state index contributed by atoms with van der Waals surface area (Å²) in [7, 11) is 0. The molecule has 1 aromatic carbocycles. The van der Waals surface area contributed by atoms with Crippen molar-refractivity contribution in [3.63, 3.8) is 0 Å². The first-order valence-electron chi connectivity index (χ1n) is 2.53. The van der Waals surface area contributed by atoms with E-state index in [0.29, 0.717) is 0 Å². The molecule has 0 aromatic heterocycles. The van der Waals surface area contributed by atoms with Crippen molar-refractivity contribution in [3.05, 3.63) is 35.4 Å². The Hall–Kier alpha value is 0.136. The molecule has 4 heteroatoms.